The van der Waals surface area contributed by atoms with Crippen LogP contribution in [0, 0.1) is 41.5 Å². The molecule has 0 aliphatic rings. The number of aryl methyl sites for hydroxylation is 5. The molecule has 1 aromatic carbocycles. The van der Waals surface area contributed by atoms with Crippen LogP contribution in [0.1, 0.15) is 44.1 Å². The molecule has 0 aliphatic carbocycles. The highest BCUT2D eigenvalue weighted by atomic mass is 16.3. The monoisotopic (exact) mass is 342 g/mol. The van der Waals surface area contributed by atoms with Crippen molar-refractivity contribution in [2.75, 3.05) is 18.9 Å². The van der Waals surface area contributed by atoms with Gasteiger partial charge in [-0.05, 0) is 52.7 Å². The van der Waals surface area contributed by atoms with Crippen LogP contribution >= 0.6 is 0 Å². The predicted molar refractivity (Wildman–Crippen MR) is 99.2 cm³/mol. The molecule has 0 aliphatic heterocycles. The minimum absolute atomic E-state index is 0.0191. The van der Waals surface area contributed by atoms with E-state index >= 15 is 0 Å². The van der Waals surface area contributed by atoms with Gasteiger partial charge in [0.25, 0.3) is 5.91 Å². The molecular weight excluding hydrogens is 316 g/mol. The third-order valence-electron chi connectivity index (χ3n) is 4.44. The van der Waals surface area contributed by atoms with E-state index in [1.807, 2.05) is 46.8 Å². The number of rotatable bonds is 4. The highest BCUT2D eigenvalue weighted by Crippen LogP contribution is 2.23. The molecule has 1 heterocycles. The molecule has 0 fully saturated rings. The van der Waals surface area contributed by atoms with Gasteiger partial charge in [-0.1, -0.05) is 17.7 Å². The fourth-order valence-electron chi connectivity index (χ4n) is 3.14. The van der Waals surface area contributed by atoms with Gasteiger partial charge in [-0.25, -0.2) is 0 Å². The SMILES string of the molecule is Cc1cc(C)c(NC(=O)CN(C)C(=O)c2c(C)oc(C)c2C)c(C)c1. The highest BCUT2D eigenvalue weighted by Gasteiger charge is 2.23. The Morgan fingerprint density at radius 2 is 1.56 bits per heavy atom. The minimum atomic E-state index is -0.221. The van der Waals surface area contributed by atoms with Crippen LogP contribution in [0.2, 0.25) is 0 Å². The van der Waals surface area contributed by atoms with Crippen LogP contribution in [0.15, 0.2) is 16.5 Å². The molecule has 25 heavy (non-hydrogen) atoms. The second-order valence-corrected chi connectivity index (χ2v) is 6.70. The molecule has 0 saturated heterocycles. The van der Waals surface area contributed by atoms with Crippen LogP contribution in [0.3, 0.4) is 0 Å². The maximum absolute atomic E-state index is 12.7. The number of amides is 2. The number of carbonyl (C=O) groups excluding carboxylic acids is 2. The summed E-state index contributed by atoms with van der Waals surface area (Å²) in [7, 11) is 1.62. The third-order valence-corrected chi connectivity index (χ3v) is 4.44. The van der Waals surface area contributed by atoms with Crippen LogP contribution < -0.4 is 5.32 Å². The standard InChI is InChI=1S/C20H26N2O3/c1-11-8-12(2)19(13(3)9-11)21-17(23)10-22(7)20(24)18-14(4)15(5)25-16(18)6/h8-9H,10H2,1-7H3,(H,21,23). The summed E-state index contributed by atoms with van der Waals surface area (Å²) in [5.41, 5.74) is 5.34. The van der Waals surface area contributed by atoms with Crippen molar-refractivity contribution < 1.29 is 14.0 Å². The van der Waals surface area contributed by atoms with Crippen molar-refractivity contribution in [1.82, 2.24) is 4.90 Å². The largest absolute Gasteiger partial charge is 0.466 e. The maximum Gasteiger partial charge on any atom is 0.257 e. The van der Waals surface area contributed by atoms with E-state index in [1.54, 1.807) is 14.0 Å². The molecule has 2 amide bonds. The number of hydrogen-bond acceptors (Lipinski definition) is 3. The summed E-state index contributed by atoms with van der Waals surface area (Å²) in [6.07, 6.45) is 0. The Labute approximate surface area is 149 Å². The maximum atomic E-state index is 12.7. The summed E-state index contributed by atoms with van der Waals surface area (Å²) in [5, 5.41) is 2.92. The average molecular weight is 342 g/mol. The second kappa shape index (κ2) is 7.13. The quantitative estimate of drug-likeness (QED) is 0.918. The first-order chi connectivity index (χ1) is 11.6. The van der Waals surface area contributed by atoms with Gasteiger partial charge in [0.15, 0.2) is 0 Å². The number of likely N-dealkylation sites (N-methyl/N-ethyl adjacent to an activating group) is 1. The lowest BCUT2D eigenvalue weighted by molar-refractivity contribution is -0.116. The zero-order valence-corrected chi connectivity index (χ0v) is 16.0. The van der Waals surface area contributed by atoms with Crippen LogP contribution in [0.5, 0.6) is 0 Å². The van der Waals surface area contributed by atoms with Crippen molar-refractivity contribution in [1.29, 1.82) is 0 Å². The lowest BCUT2D eigenvalue weighted by Crippen LogP contribution is -2.35. The Morgan fingerprint density at radius 1 is 1.00 bits per heavy atom. The molecule has 0 atom stereocenters. The van der Waals surface area contributed by atoms with Crippen molar-refractivity contribution in [2.24, 2.45) is 0 Å². The van der Waals surface area contributed by atoms with Crippen molar-refractivity contribution in [3.63, 3.8) is 0 Å². The number of furan rings is 1. The van der Waals surface area contributed by atoms with Crippen LogP contribution in [0.4, 0.5) is 5.69 Å². The zero-order chi connectivity index (χ0) is 18.9. The van der Waals surface area contributed by atoms with Gasteiger partial charge in [0.2, 0.25) is 5.91 Å². The summed E-state index contributed by atoms with van der Waals surface area (Å²) in [4.78, 5) is 26.5. The smallest absolute Gasteiger partial charge is 0.257 e. The Hall–Kier alpha value is -2.56. The molecule has 0 spiro atoms. The molecule has 1 aromatic heterocycles. The Kier molecular flexibility index (Phi) is 5.36. The number of nitrogens with one attached hydrogen (secondary N) is 1. The average Bonchev–Trinajstić information content (AvgIpc) is 2.75. The third kappa shape index (κ3) is 3.92. The van der Waals surface area contributed by atoms with Crippen molar-refractivity contribution in [3.8, 4) is 0 Å². The van der Waals surface area contributed by atoms with Crippen molar-refractivity contribution >= 4 is 17.5 Å². The lowest BCUT2D eigenvalue weighted by Gasteiger charge is -2.18. The van der Waals surface area contributed by atoms with E-state index in [1.165, 1.54) is 4.90 Å². The van der Waals surface area contributed by atoms with Gasteiger partial charge in [0, 0.05) is 18.3 Å². The molecule has 0 saturated carbocycles. The van der Waals surface area contributed by atoms with Crippen LogP contribution in [-0.4, -0.2) is 30.3 Å². The van der Waals surface area contributed by atoms with Crippen molar-refractivity contribution in [3.05, 3.63) is 51.5 Å². The molecule has 5 heteroatoms. The molecule has 2 aromatic rings. The molecule has 0 radical (unpaired) electrons. The normalized spacial score (nSPS) is 10.7. The van der Waals surface area contributed by atoms with Gasteiger partial charge in [-0.2, -0.15) is 0 Å². The number of hydrogen-bond donors (Lipinski definition) is 1. The lowest BCUT2D eigenvalue weighted by atomic mass is 10.1. The Bertz CT molecular complexity index is 811. The van der Waals surface area contributed by atoms with Crippen molar-refractivity contribution in [2.45, 2.75) is 41.5 Å². The molecule has 0 unspecified atom stereocenters. The van der Waals surface area contributed by atoms with E-state index in [-0.39, 0.29) is 18.4 Å². The number of anilines is 1. The summed E-state index contributed by atoms with van der Waals surface area (Å²) in [6.45, 7) is 11.4. The summed E-state index contributed by atoms with van der Waals surface area (Å²) >= 11 is 0. The van der Waals surface area contributed by atoms with E-state index in [4.69, 9.17) is 4.42 Å². The van der Waals surface area contributed by atoms with Gasteiger partial charge < -0.3 is 14.6 Å². The van der Waals surface area contributed by atoms with Gasteiger partial charge in [-0.3, -0.25) is 9.59 Å². The first-order valence-electron chi connectivity index (χ1n) is 8.31. The molecule has 1 N–H and O–H groups in total. The minimum Gasteiger partial charge on any atom is -0.466 e. The Morgan fingerprint density at radius 3 is 2.04 bits per heavy atom. The van der Waals surface area contributed by atoms with E-state index in [0.717, 1.165) is 33.7 Å². The summed E-state index contributed by atoms with van der Waals surface area (Å²) < 4.78 is 5.51. The van der Waals surface area contributed by atoms with E-state index < -0.39 is 0 Å². The number of benzene rings is 1. The van der Waals surface area contributed by atoms with Crippen LogP contribution in [-0.2, 0) is 4.79 Å². The fourth-order valence-corrected chi connectivity index (χ4v) is 3.14. The first-order valence-corrected chi connectivity index (χ1v) is 8.31. The van der Waals surface area contributed by atoms with Gasteiger partial charge in [-0.15, -0.1) is 0 Å². The summed E-state index contributed by atoms with van der Waals surface area (Å²) in [5.74, 6) is 0.878. The highest BCUT2D eigenvalue weighted by molar-refractivity contribution is 6.01. The van der Waals surface area contributed by atoms with E-state index in [0.29, 0.717) is 11.3 Å². The molecule has 5 nitrogen and oxygen atoms in total. The molecular formula is C20H26N2O3. The second-order valence-electron chi connectivity index (χ2n) is 6.70. The topological polar surface area (TPSA) is 62.6 Å². The van der Waals surface area contributed by atoms with Gasteiger partial charge in [0.1, 0.15) is 11.5 Å². The van der Waals surface area contributed by atoms with Gasteiger partial charge in [0.05, 0.1) is 12.1 Å². The predicted octanol–water partition coefficient (Wildman–Crippen LogP) is 3.84. The first kappa shape index (κ1) is 18.8. The van der Waals surface area contributed by atoms with E-state index in [2.05, 4.69) is 5.32 Å². The van der Waals surface area contributed by atoms with Crippen LogP contribution in [0.25, 0.3) is 0 Å². The summed E-state index contributed by atoms with van der Waals surface area (Å²) in [6, 6.07) is 4.05. The Balaban J connectivity index is 2.11. The molecule has 2 rings (SSSR count). The van der Waals surface area contributed by atoms with E-state index in [9.17, 15) is 9.59 Å². The number of nitrogens with zero attached hydrogens (tertiary/aromatic N) is 1. The zero-order valence-electron chi connectivity index (χ0n) is 16.0. The molecule has 134 valence electrons. The fraction of sp³-hybridized carbons (Fsp3) is 0.400. The van der Waals surface area contributed by atoms with Gasteiger partial charge >= 0.3 is 0 Å². The number of carbonyl (C=O) groups is 2. The molecule has 0 bridgehead atoms.